The first kappa shape index (κ1) is 13.9. The van der Waals surface area contributed by atoms with E-state index in [1.165, 1.54) is 32.1 Å². The quantitative estimate of drug-likeness (QED) is 0.903. The zero-order valence-corrected chi connectivity index (χ0v) is 11.7. The molecule has 1 aliphatic carbocycles. The first-order valence-electron chi connectivity index (χ1n) is 7.24. The van der Waals surface area contributed by atoms with Gasteiger partial charge in [0.2, 0.25) is 0 Å². The lowest BCUT2D eigenvalue weighted by Crippen LogP contribution is -2.35. The van der Waals surface area contributed by atoms with E-state index in [4.69, 9.17) is 4.74 Å². The molecule has 0 saturated heterocycles. The van der Waals surface area contributed by atoms with Gasteiger partial charge in [0.1, 0.15) is 5.75 Å². The summed E-state index contributed by atoms with van der Waals surface area (Å²) in [5, 5.41) is 3.16. The molecule has 1 amide bonds. The van der Waals surface area contributed by atoms with Crippen molar-refractivity contribution in [3.63, 3.8) is 0 Å². The van der Waals surface area contributed by atoms with E-state index in [1.807, 2.05) is 24.3 Å². The van der Waals surface area contributed by atoms with E-state index in [0.29, 0.717) is 11.6 Å². The topological polar surface area (TPSA) is 38.3 Å². The number of hydrogen-bond acceptors (Lipinski definition) is 2. The molecule has 104 valence electrons. The third-order valence-electron chi connectivity index (χ3n) is 3.79. The van der Waals surface area contributed by atoms with Gasteiger partial charge in [0.15, 0.2) is 0 Å². The van der Waals surface area contributed by atoms with Gasteiger partial charge in [0.05, 0.1) is 7.11 Å². The number of amides is 1. The molecule has 19 heavy (non-hydrogen) atoms. The summed E-state index contributed by atoms with van der Waals surface area (Å²) < 4.78 is 5.10. The van der Waals surface area contributed by atoms with Gasteiger partial charge < -0.3 is 10.1 Å². The van der Waals surface area contributed by atoms with Gasteiger partial charge in [0, 0.05) is 11.6 Å². The Balaban J connectivity index is 1.91. The van der Waals surface area contributed by atoms with E-state index < -0.39 is 0 Å². The van der Waals surface area contributed by atoms with Gasteiger partial charge >= 0.3 is 0 Å². The normalized spacial score (nSPS) is 17.3. The minimum atomic E-state index is 0.0354. The average molecular weight is 261 g/mol. The highest BCUT2D eigenvalue weighted by molar-refractivity contribution is 5.94. The maximum absolute atomic E-state index is 12.2. The molecule has 3 nitrogen and oxygen atoms in total. The molecule has 1 aliphatic rings. The van der Waals surface area contributed by atoms with Crippen molar-refractivity contribution in [2.75, 3.05) is 7.11 Å². The van der Waals surface area contributed by atoms with Gasteiger partial charge in [-0.25, -0.2) is 0 Å². The summed E-state index contributed by atoms with van der Waals surface area (Å²) in [7, 11) is 1.63. The molecule has 0 unspecified atom stereocenters. The van der Waals surface area contributed by atoms with Gasteiger partial charge in [0.25, 0.3) is 5.91 Å². The molecule has 0 radical (unpaired) electrons. The van der Waals surface area contributed by atoms with Crippen LogP contribution in [0.1, 0.15) is 55.3 Å². The molecule has 1 aromatic carbocycles. The molecule has 1 fully saturated rings. The second-order valence-electron chi connectivity index (χ2n) is 5.24. The summed E-state index contributed by atoms with van der Waals surface area (Å²) in [6, 6.07) is 7.63. The molecule has 0 aliphatic heterocycles. The number of rotatable bonds is 3. The maximum atomic E-state index is 12.2. The zero-order chi connectivity index (χ0) is 13.5. The van der Waals surface area contributed by atoms with Crippen LogP contribution in [-0.4, -0.2) is 19.1 Å². The van der Waals surface area contributed by atoms with Gasteiger partial charge in [-0.3, -0.25) is 4.79 Å². The molecule has 0 atom stereocenters. The van der Waals surface area contributed by atoms with Crippen LogP contribution in [0.3, 0.4) is 0 Å². The highest BCUT2D eigenvalue weighted by Crippen LogP contribution is 2.18. The van der Waals surface area contributed by atoms with Gasteiger partial charge in [-0.2, -0.15) is 0 Å². The molecular weight excluding hydrogens is 238 g/mol. The van der Waals surface area contributed by atoms with Crippen molar-refractivity contribution in [2.45, 2.75) is 51.0 Å². The SMILES string of the molecule is COc1ccc(C(=O)NC2CCCCCCC2)cc1. The minimum Gasteiger partial charge on any atom is -0.497 e. The molecule has 1 saturated carbocycles. The van der Waals surface area contributed by atoms with Crippen LogP contribution in [0.5, 0.6) is 5.75 Å². The van der Waals surface area contributed by atoms with Gasteiger partial charge in [-0.1, -0.05) is 32.1 Å². The van der Waals surface area contributed by atoms with Crippen molar-refractivity contribution < 1.29 is 9.53 Å². The smallest absolute Gasteiger partial charge is 0.251 e. The lowest BCUT2D eigenvalue weighted by molar-refractivity contribution is 0.0930. The molecule has 1 N–H and O–H groups in total. The Morgan fingerprint density at radius 1 is 1.05 bits per heavy atom. The summed E-state index contributed by atoms with van der Waals surface area (Å²) in [5.74, 6) is 0.815. The summed E-state index contributed by atoms with van der Waals surface area (Å²) in [6.45, 7) is 0. The second kappa shape index (κ2) is 7.17. The Labute approximate surface area is 115 Å². The monoisotopic (exact) mass is 261 g/mol. The number of benzene rings is 1. The zero-order valence-electron chi connectivity index (χ0n) is 11.7. The highest BCUT2D eigenvalue weighted by atomic mass is 16.5. The van der Waals surface area contributed by atoms with Crippen LogP contribution in [0.2, 0.25) is 0 Å². The van der Waals surface area contributed by atoms with Crippen molar-refractivity contribution in [3.8, 4) is 5.75 Å². The van der Waals surface area contributed by atoms with Crippen LogP contribution >= 0.6 is 0 Å². The molecule has 3 heteroatoms. The van der Waals surface area contributed by atoms with Crippen LogP contribution in [0.25, 0.3) is 0 Å². The average Bonchev–Trinajstić information content (AvgIpc) is 2.41. The van der Waals surface area contributed by atoms with E-state index in [9.17, 15) is 4.79 Å². The molecule has 0 heterocycles. The Hall–Kier alpha value is -1.51. The van der Waals surface area contributed by atoms with E-state index in [-0.39, 0.29) is 5.91 Å². The number of nitrogens with one attached hydrogen (secondary N) is 1. The Kier molecular flexibility index (Phi) is 5.25. The first-order valence-corrected chi connectivity index (χ1v) is 7.24. The number of methoxy groups -OCH3 is 1. The third kappa shape index (κ3) is 4.27. The fraction of sp³-hybridized carbons (Fsp3) is 0.562. The van der Waals surface area contributed by atoms with E-state index >= 15 is 0 Å². The number of carbonyl (C=O) groups is 1. The molecular formula is C16H23NO2. The van der Waals surface area contributed by atoms with Crippen LogP contribution < -0.4 is 10.1 Å². The lowest BCUT2D eigenvalue weighted by atomic mass is 9.96. The molecule has 2 rings (SSSR count). The minimum absolute atomic E-state index is 0.0354. The third-order valence-corrected chi connectivity index (χ3v) is 3.79. The van der Waals surface area contributed by atoms with Crippen LogP contribution in [0, 0.1) is 0 Å². The summed E-state index contributed by atoms with van der Waals surface area (Å²) in [6.07, 6.45) is 8.63. The van der Waals surface area contributed by atoms with Crippen molar-refractivity contribution in [3.05, 3.63) is 29.8 Å². The fourth-order valence-corrected chi connectivity index (χ4v) is 2.61. The number of carbonyl (C=O) groups excluding carboxylic acids is 1. The fourth-order valence-electron chi connectivity index (χ4n) is 2.61. The largest absolute Gasteiger partial charge is 0.497 e. The highest BCUT2D eigenvalue weighted by Gasteiger charge is 2.15. The maximum Gasteiger partial charge on any atom is 0.251 e. The van der Waals surface area contributed by atoms with Crippen molar-refractivity contribution in [1.29, 1.82) is 0 Å². The van der Waals surface area contributed by atoms with Gasteiger partial charge in [-0.05, 0) is 37.1 Å². The molecule has 0 spiro atoms. The predicted octanol–water partition coefficient (Wildman–Crippen LogP) is 3.54. The van der Waals surface area contributed by atoms with Crippen molar-refractivity contribution in [2.24, 2.45) is 0 Å². The van der Waals surface area contributed by atoms with Crippen molar-refractivity contribution >= 4 is 5.91 Å². The Bertz CT molecular complexity index is 392. The lowest BCUT2D eigenvalue weighted by Gasteiger charge is -2.21. The van der Waals surface area contributed by atoms with E-state index in [2.05, 4.69) is 5.32 Å². The molecule has 0 aromatic heterocycles. The van der Waals surface area contributed by atoms with Crippen LogP contribution in [0.4, 0.5) is 0 Å². The molecule has 0 bridgehead atoms. The van der Waals surface area contributed by atoms with Crippen LogP contribution in [-0.2, 0) is 0 Å². The Morgan fingerprint density at radius 2 is 1.63 bits per heavy atom. The van der Waals surface area contributed by atoms with Gasteiger partial charge in [-0.15, -0.1) is 0 Å². The summed E-state index contributed by atoms with van der Waals surface area (Å²) in [4.78, 5) is 12.2. The molecule has 1 aromatic rings. The predicted molar refractivity (Wildman–Crippen MR) is 76.6 cm³/mol. The standard InChI is InChI=1S/C16H23NO2/c1-19-15-11-9-13(10-12-15)16(18)17-14-7-5-3-2-4-6-8-14/h9-12,14H,2-8H2,1H3,(H,17,18). The summed E-state index contributed by atoms with van der Waals surface area (Å²) >= 11 is 0. The first-order chi connectivity index (χ1) is 9.29. The number of ether oxygens (including phenoxy) is 1. The van der Waals surface area contributed by atoms with E-state index in [1.54, 1.807) is 7.11 Å². The van der Waals surface area contributed by atoms with Crippen molar-refractivity contribution in [1.82, 2.24) is 5.32 Å². The number of hydrogen-bond donors (Lipinski definition) is 1. The second-order valence-corrected chi connectivity index (χ2v) is 5.24. The Morgan fingerprint density at radius 3 is 2.21 bits per heavy atom. The van der Waals surface area contributed by atoms with Crippen LogP contribution in [0.15, 0.2) is 24.3 Å². The van der Waals surface area contributed by atoms with E-state index in [0.717, 1.165) is 18.6 Å². The summed E-state index contributed by atoms with van der Waals surface area (Å²) in [5.41, 5.74) is 0.711.